The number of ether oxygens (including phenoxy) is 1. The maximum absolute atomic E-state index is 6.10. The van der Waals surface area contributed by atoms with E-state index >= 15 is 0 Å². The number of hydrogen-bond acceptors (Lipinski definition) is 6. The molecule has 2 rings (SSSR count). The highest BCUT2D eigenvalue weighted by atomic mass is 16.5. The Morgan fingerprint density at radius 2 is 2.10 bits per heavy atom. The molecule has 0 spiro atoms. The summed E-state index contributed by atoms with van der Waals surface area (Å²) >= 11 is 0. The summed E-state index contributed by atoms with van der Waals surface area (Å²) in [6.45, 7) is 5.22. The summed E-state index contributed by atoms with van der Waals surface area (Å²) < 4.78 is 5.53. The Morgan fingerprint density at radius 1 is 1.29 bits per heavy atom. The highest BCUT2D eigenvalue weighted by Crippen LogP contribution is 2.27. The number of pyridine rings is 1. The Morgan fingerprint density at radius 3 is 2.81 bits per heavy atom. The molecular weight excluding hydrogens is 266 g/mol. The quantitative estimate of drug-likeness (QED) is 0.877. The number of aromatic nitrogens is 3. The molecule has 2 heterocycles. The van der Waals surface area contributed by atoms with Crippen LogP contribution in [0.5, 0.6) is 5.88 Å². The molecule has 2 N–H and O–H groups in total. The summed E-state index contributed by atoms with van der Waals surface area (Å²) in [5.74, 6) is 1.09. The van der Waals surface area contributed by atoms with Crippen molar-refractivity contribution >= 4 is 11.5 Å². The molecule has 0 fully saturated rings. The Labute approximate surface area is 125 Å². The zero-order valence-electron chi connectivity index (χ0n) is 12.7. The van der Waals surface area contributed by atoms with Crippen molar-refractivity contribution in [2.24, 2.45) is 0 Å². The van der Waals surface area contributed by atoms with Crippen molar-refractivity contribution in [2.45, 2.75) is 26.8 Å². The molecule has 0 radical (unpaired) electrons. The summed E-state index contributed by atoms with van der Waals surface area (Å²) in [5, 5.41) is 0. The van der Waals surface area contributed by atoms with Crippen LogP contribution < -0.4 is 15.4 Å². The second-order valence-corrected chi connectivity index (χ2v) is 4.89. The SMILES string of the molecule is CCCOc1ncnc(N(C)Cc2cccc(C)n2)c1N. The van der Waals surface area contributed by atoms with Crippen molar-refractivity contribution in [1.29, 1.82) is 0 Å². The number of nitrogens with zero attached hydrogens (tertiary/aromatic N) is 4. The summed E-state index contributed by atoms with van der Waals surface area (Å²) in [7, 11) is 1.92. The lowest BCUT2D eigenvalue weighted by molar-refractivity contribution is 0.306. The monoisotopic (exact) mass is 287 g/mol. The van der Waals surface area contributed by atoms with Crippen molar-refractivity contribution in [3.05, 3.63) is 35.9 Å². The average molecular weight is 287 g/mol. The lowest BCUT2D eigenvalue weighted by atomic mass is 10.3. The lowest BCUT2D eigenvalue weighted by Crippen LogP contribution is -2.20. The lowest BCUT2D eigenvalue weighted by Gasteiger charge is -2.20. The Bertz CT molecular complexity index is 602. The van der Waals surface area contributed by atoms with Gasteiger partial charge in [0.15, 0.2) is 5.82 Å². The number of aryl methyl sites for hydroxylation is 1. The second-order valence-electron chi connectivity index (χ2n) is 4.89. The molecule has 0 saturated carbocycles. The van der Waals surface area contributed by atoms with Gasteiger partial charge in [-0.25, -0.2) is 4.98 Å². The largest absolute Gasteiger partial charge is 0.476 e. The number of hydrogen-bond donors (Lipinski definition) is 1. The second kappa shape index (κ2) is 6.88. The van der Waals surface area contributed by atoms with Gasteiger partial charge in [-0.05, 0) is 25.5 Å². The van der Waals surface area contributed by atoms with E-state index in [4.69, 9.17) is 10.5 Å². The molecule has 0 amide bonds. The van der Waals surface area contributed by atoms with E-state index < -0.39 is 0 Å². The van der Waals surface area contributed by atoms with Gasteiger partial charge in [0, 0.05) is 12.7 Å². The first-order valence-electron chi connectivity index (χ1n) is 6.98. The maximum atomic E-state index is 6.10. The minimum atomic E-state index is 0.436. The summed E-state index contributed by atoms with van der Waals surface area (Å²) in [5.41, 5.74) is 8.51. The molecule has 2 aromatic heterocycles. The fraction of sp³-hybridized carbons (Fsp3) is 0.400. The summed E-state index contributed by atoms with van der Waals surface area (Å²) in [6.07, 6.45) is 2.37. The molecule has 0 aromatic carbocycles. The molecule has 0 aliphatic rings. The number of rotatable bonds is 6. The van der Waals surface area contributed by atoms with Crippen LogP contribution in [-0.4, -0.2) is 28.6 Å². The fourth-order valence-corrected chi connectivity index (χ4v) is 1.99. The van der Waals surface area contributed by atoms with Gasteiger partial charge in [-0.15, -0.1) is 0 Å². The van der Waals surface area contributed by atoms with Crippen molar-refractivity contribution in [3.63, 3.8) is 0 Å². The third-order valence-electron chi connectivity index (χ3n) is 2.98. The van der Waals surface area contributed by atoms with Crippen LogP contribution in [0.1, 0.15) is 24.7 Å². The first-order valence-corrected chi connectivity index (χ1v) is 6.98. The van der Waals surface area contributed by atoms with E-state index in [2.05, 4.69) is 15.0 Å². The standard InChI is InChI=1S/C15H21N5O/c1-4-8-21-15-13(16)14(17-10-18-15)20(3)9-12-7-5-6-11(2)19-12/h5-7,10H,4,8-9,16H2,1-3H3. The van der Waals surface area contributed by atoms with Gasteiger partial charge >= 0.3 is 0 Å². The van der Waals surface area contributed by atoms with Gasteiger partial charge in [0.25, 0.3) is 0 Å². The smallest absolute Gasteiger partial charge is 0.242 e. The fourth-order valence-electron chi connectivity index (χ4n) is 1.99. The van der Waals surface area contributed by atoms with E-state index in [0.717, 1.165) is 17.8 Å². The molecule has 2 aromatic rings. The van der Waals surface area contributed by atoms with Gasteiger partial charge in [-0.2, -0.15) is 4.98 Å². The molecule has 0 aliphatic heterocycles. The molecule has 0 aliphatic carbocycles. The summed E-state index contributed by atoms with van der Waals surface area (Å²) in [4.78, 5) is 14.8. The van der Waals surface area contributed by atoms with E-state index in [9.17, 15) is 0 Å². The first-order chi connectivity index (χ1) is 10.1. The van der Waals surface area contributed by atoms with Crippen LogP contribution in [0.2, 0.25) is 0 Å². The molecule has 0 atom stereocenters. The van der Waals surface area contributed by atoms with E-state index in [1.54, 1.807) is 0 Å². The Kier molecular flexibility index (Phi) is 4.92. The highest BCUT2D eigenvalue weighted by molar-refractivity contribution is 5.67. The first kappa shape index (κ1) is 15.0. The zero-order chi connectivity index (χ0) is 15.2. The summed E-state index contributed by atoms with van der Waals surface area (Å²) in [6, 6.07) is 5.94. The van der Waals surface area contributed by atoms with E-state index in [1.807, 2.05) is 44.0 Å². The Hall–Kier alpha value is -2.37. The van der Waals surface area contributed by atoms with Crippen LogP contribution in [0, 0.1) is 6.92 Å². The van der Waals surface area contributed by atoms with Crippen molar-refractivity contribution in [2.75, 3.05) is 24.3 Å². The molecule has 6 nitrogen and oxygen atoms in total. The van der Waals surface area contributed by atoms with Gasteiger partial charge in [-0.1, -0.05) is 13.0 Å². The van der Waals surface area contributed by atoms with Crippen LogP contribution in [-0.2, 0) is 6.54 Å². The Balaban J connectivity index is 2.17. The van der Waals surface area contributed by atoms with E-state index in [-0.39, 0.29) is 0 Å². The molecular formula is C15H21N5O. The number of anilines is 2. The van der Waals surface area contributed by atoms with Gasteiger partial charge in [-0.3, -0.25) is 4.98 Å². The van der Waals surface area contributed by atoms with Crippen LogP contribution in [0.4, 0.5) is 11.5 Å². The predicted molar refractivity (Wildman–Crippen MR) is 83.3 cm³/mol. The number of nitrogens with two attached hydrogens (primary N) is 1. The molecule has 0 unspecified atom stereocenters. The topological polar surface area (TPSA) is 77.2 Å². The molecule has 112 valence electrons. The maximum Gasteiger partial charge on any atom is 0.242 e. The highest BCUT2D eigenvalue weighted by Gasteiger charge is 2.13. The van der Waals surface area contributed by atoms with Crippen molar-refractivity contribution in [1.82, 2.24) is 15.0 Å². The van der Waals surface area contributed by atoms with E-state index in [0.29, 0.717) is 30.5 Å². The van der Waals surface area contributed by atoms with Crippen LogP contribution in [0.25, 0.3) is 0 Å². The normalized spacial score (nSPS) is 10.4. The molecule has 21 heavy (non-hydrogen) atoms. The third kappa shape index (κ3) is 3.81. The van der Waals surface area contributed by atoms with Gasteiger partial charge in [0.1, 0.15) is 12.0 Å². The number of nitrogen functional groups attached to an aromatic ring is 1. The zero-order valence-corrected chi connectivity index (χ0v) is 12.7. The predicted octanol–water partition coefficient (Wildman–Crippen LogP) is 2.19. The van der Waals surface area contributed by atoms with Crippen LogP contribution in [0.15, 0.2) is 24.5 Å². The third-order valence-corrected chi connectivity index (χ3v) is 2.98. The van der Waals surface area contributed by atoms with E-state index in [1.165, 1.54) is 6.33 Å². The van der Waals surface area contributed by atoms with Crippen LogP contribution >= 0.6 is 0 Å². The molecule has 0 saturated heterocycles. The minimum Gasteiger partial charge on any atom is -0.476 e. The van der Waals surface area contributed by atoms with Crippen molar-refractivity contribution < 1.29 is 4.74 Å². The van der Waals surface area contributed by atoms with Gasteiger partial charge in [0.05, 0.1) is 18.8 Å². The van der Waals surface area contributed by atoms with Gasteiger partial charge < -0.3 is 15.4 Å². The molecule has 6 heteroatoms. The molecule has 0 bridgehead atoms. The van der Waals surface area contributed by atoms with Crippen LogP contribution in [0.3, 0.4) is 0 Å². The van der Waals surface area contributed by atoms with Gasteiger partial charge in [0.2, 0.25) is 5.88 Å². The van der Waals surface area contributed by atoms with Crippen molar-refractivity contribution in [3.8, 4) is 5.88 Å². The average Bonchev–Trinajstić information content (AvgIpc) is 2.46. The minimum absolute atomic E-state index is 0.436.